The Hall–Kier alpha value is -1.68. The average Bonchev–Trinajstić information content (AvgIpc) is 2.88. The van der Waals surface area contributed by atoms with E-state index in [0.29, 0.717) is 10.9 Å². The van der Waals surface area contributed by atoms with E-state index in [9.17, 15) is 18.3 Å². The van der Waals surface area contributed by atoms with Gasteiger partial charge in [-0.1, -0.05) is 39.0 Å². The third-order valence-corrected chi connectivity index (χ3v) is 10.0. The summed E-state index contributed by atoms with van der Waals surface area (Å²) < 4.78 is 36.0. The molecule has 0 saturated carbocycles. The zero-order valence-corrected chi connectivity index (χ0v) is 18.3. The van der Waals surface area contributed by atoms with E-state index in [1.54, 1.807) is 30.3 Å². The van der Waals surface area contributed by atoms with Gasteiger partial charge in [-0.15, -0.1) is 0 Å². The topological polar surface area (TPSA) is 94.8 Å². The van der Waals surface area contributed by atoms with Crippen LogP contribution in [0.25, 0.3) is 10.9 Å². The maximum atomic E-state index is 11.9. The molecule has 0 aliphatic carbocycles. The molecule has 2 aromatic rings. The van der Waals surface area contributed by atoms with Crippen LogP contribution in [0.3, 0.4) is 0 Å². The van der Waals surface area contributed by atoms with Gasteiger partial charge in [0.1, 0.15) is 6.10 Å². The first-order valence-electron chi connectivity index (χ1n) is 8.59. The number of fused-ring (bicyclic) bond motifs is 1. The second kappa shape index (κ2) is 7.38. The number of hydrogen-bond donors (Lipinski definition) is 1. The maximum Gasteiger partial charge on any atom is 0.416 e. The fourth-order valence-corrected chi connectivity index (χ4v) is 4.08. The molecule has 27 heavy (non-hydrogen) atoms. The molecule has 0 aliphatic heterocycles. The van der Waals surface area contributed by atoms with Crippen LogP contribution in [-0.2, 0) is 18.7 Å². The number of carbonyl (C=O) groups is 1. The molecule has 0 aliphatic rings. The number of aromatic nitrogens is 1. The van der Waals surface area contributed by atoms with Crippen LogP contribution in [0, 0.1) is 0 Å². The average molecular weight is 414 g/mol. The van der Waals surface area contributed by atoms with Gasteiger partial charge in [0.2, 0.25) is 0 Å². The Bertz CT molecular complexity index is 942. The minimum absolute atomic E-state index is 0.0484. The van der Waals surface area contributed by atoms with E-state index in [-0.39, 0.29) is 17.3 Å². The molecule has 1 heterocycles. The van der Waals surface area contributed by atoms with Gasteiger partial charge in [-0.3, -0.25) is 4.18 Å². The van der Waals surface area contributed by atoms with E-state index in [0.717, 1.165) is 10.8 Å². The van der Waals surface area contributed by atoms with Crippen LogP contribution in [0.5, 0.6) is 0 Å². The van der Waals surface area contributed by atoms with Gasteiger partial charge in [-0.05, 0) is 30.3 Å². The number of para-hydroxylation sites is 1. The molecule has 0 saturated heterocycles. The largest absolute Gasteiger partial charge is 0.464 e. The Morgan fingerprint density at radius 2 is 1.85 bits per heavy atom. The molecule has 0 spiro atoms. The molecule has 1 atom stereocenters. The second-order valence-corrected chi connectivity index (χ2v) is 14.5. The normalized spacial score (nSPS) is 14.4. The molecule has 2 rings (SSSR count). The molecular weight excluding hydrogens is 386 g/mol. The van der Waals surface area contributed by atoms with Crippen LogP contribution < -0.4 is 0 Å². The van der Waals surface area contributed by atoms with Gasteiger partial charge in [0, 0.05) is 5.39 Å². The van der Waals surface area contributed by atoms with Crippen molar-refractivity contribution in [3.8, 4) is 0 Å². The first kappa shape index (κ1) is 21.6. The van der Waals surface area contributed by atoms with Crippen molar-refractivity contribution >= 4 is 35.4 Å². The summed E-state index contributed by atoms with van der Waals surface area (Å²) in [4.78, 5) is 11.9. The molecule has 1 N–H and O–H groups in total. The first-order valence-corrected chi connectivity index (χ1v) is 13.3. The van der Waals surface area contributed by atoms with Crippen molar-refractivity contribution in [2.24, 2.45) is 0 Å². The minimum atomic E-state index is -3.83. The van der Waals surface area contributed by atoms with Crippen molar-refractivity contribution in [3.05, 3.63) is 36.0 Å². The van der Waals surface area contributed by atoms with Crippen molar-refractivity contribution < 1.29 is 26.9 Å². The Kier molecular flexibility index (Phi) is 5.91. The Labute approximate surface area is 161 Å². The Morgan fingerprint density at radius 3 is 2.37 bits per heavy atom. The van der Waals surface area contributed by atoms with Crippen molar-refractivity contribution in [2.75, 3.05) is 12.9 Å². The predicted octanol–water partition coefficient (Wildman–Crippen LogP) is 4.21. The molecular formula is C18H27NO6SSi. The van der Waals surface area contributed by atoms with Gasteiger partial charge in [0.15, 0.2) is 8.32 Å². The second-order valence-electron chi connectivity index (χ2n) is 8.11. The highest BCUT2D eigenvalue weighted by atomic mass is 32.2. The summed E-state index contributed by atoms with van der Waals surface area (Å²) in [5, 5.41) is 10.3. The van der Waals surface area contributed by atoms with Gasteiger partial charge < -0.3 is 9.53 Å². The lowest BCUT2D eigenvalue weighted by molar-refractivity contribution is 0.120. The van der Waals surface area contributed by atoms with E-state index in [1.807, 2.05) is 13.1 Å². The smallest absolute Gasteiger partial charge is 0.416 e. The van der Waals surface area contributed by atoms with Crippen LogP contribution in [0.4, 0.5) is 4.79 Å². The fourth-order valence-electron chi connectivity index (χ4n) is 2.50. The van der Waals surface area contributed by atoms with Crippen molar-refractivity contribution in [3.63, 3.8) is 0 Å². The van der Waals surface area contributed by atoms with Gasteiger partial charge in [0.25, 0.3) is 10.1 Å². The molecule has 0 fully saturated rings. The molecule has 1 aromatic heterocycles. The van der Waals surface area contributed by atoms with Crippen LogP contribution in [0.1, 0.15) is 32.6 Å². The van der Waals surface area contributed by atoms with Crippen LogP contribution in [0.15, 0.2) is 30.3 Å². The van der Waals surface area contributed by atoms with Gasteiger partial charge in [0.05, 0.1) is 24.1 Å². The van der Waals surface area contributed by atoms with Gasteiger partial charge in [-0.2, -0.15) is 8.42 Å². The summed E-state index contributed by atoms with van der Waals surface area (Å²) in [5.74, 6) is 0. The number of hydrogen-bond acceptors (Lipinski definition) is 5. The van der Waals surface area contributed by atoms with Crippen LogP contribution in [0.2, 0.25) is 18.1 Å². The number of benzene rings is 1. The van der Waals surface area contributed by atoms with Crippen LogP contribution >= 0.6 is 0 Å². The van der Waals surface area contributed by atoms with Gasteiger partial charge in [-0.25, -0.2) is 9.36 Å². The lowest BCUT2D eigenvalue weighted by Gasteiger charge is -2.37. The third-order valence-electron chi connectivity index (χ3n) is 4.95. The molecule has 0 bridgehead atoms. The van der Waals surface area contributed by atoms with E-state index < -0.39 is 30.6 Å². The minimum Gasteiger partial charge on any atom is -0.464 e. The predicted molar refractivity (Wildman–Crippen MR) is 107 cm³/mol. The Balaban J connectivity index is 2.51. The summed E-state index contributed by atoms with van der Waals surface area (Å²) >= 11 is 0. The van der Waals surface area contributed by atoms with Gasteiger partial charge >= 0.3 is 6.09 Å². The molecule has 0 amide bonds. The molecule has 0 radical (unpaired) electrons. The van der Waals surface area contributed by atoms with E-state index in [2.05, 4.69) is 20.8 Å². The quantitative estimate of drug-likeness (QED) is 0.563. The fraction of sp³-hybridized carbons (Fsp3) is 0.500. The van der Waals surface area contributed by atoms with E-state index in [1.165, 1.54) is 0 Å². The Morgan fingerprint density at radius 1 is 1.26 bits per heavy atom. The lowest BCUT2D eigenvalue weighted by Crippen LogP contribution is -2.42. The molecule has 7 nitrogen and oxygen atoms in total. The molecule has 9 heteroatoms. The highest BCUT2D eigenvalue weighted by Crippen LogP contribution is 2.38. The monoisotopic (exact) mass is 413 g/mol. The highest BCUT2D eigenvalue weighted by Gasteiger charge is 2.38. The molecule has 150 valence electrons. The maximum absolute atomic E-state index is 11.9. The summed E-state index contributed by atoms with van der Waals surface area (Å²) in [7, 11) is -6.02. The van der Waals surface area contributed by atoms with Crippen molar-refractivity contribution in [1.82, 2.24) is 4.57 Å². The van der Waals surface area contributed by atoms with E-state index >= 15 is 0 Å². The molecule has 1 aromatic carbocycles. The van der Waals surface area contributed by atoms with E-state index in [4.69, 9.17) is 8.61 Å². The lowest BCUT2D eigenvalue weighted by atomic mass is 10.2. The first-order chi connectivity index (χ1) is 12.2. The zero-order valence-electron chi connectivity index (χ0n) is 16.5. The standard InChI is InChI=1S/C18H27NO6SSi/c1-18(2,3)27(5,6)24-12-16(25-26(4,22)23)15-11-13-9-7-8-10-14(13)19(15)17(20)21/h7-11,16H,12H2,1-6H3,(H,20,21). The van der Waals surface area contributed by atoms with Crippen molar-refractivity contribution in [2.45, 2.75) is 45.0 Å². The SMILES string of the molecule is CC(C)(C)[Si](C)(C)OCC(OS(C)(=O)=O)c1cc2ccccc2n1C(=O)O. The molecule has 1 unspecified atom stereocenters. The highest BCUT2D eigenvalue weighted by molar-refractivity contribution is 7.86. The number of nitrogens with zero attached hydrogens (tertiary/aromatic N) is 1. The third kappa shape index (κ3) is 4.98. The summed E-state index contributed by atoms with van der Waals surface area (Å²) in [6.45, 7) is 10.2. The number of rotatable bonds is 6. The van der Waals surface area contributed by atoms with Crippen LogP contribution in [-0.4, -0.2) is 45.4 Å². The summed E-state index contributed by atoms with van der Waals surface area (Å²) in [5.41, 5.74) is 0.697. The zero-order chi connectivity index (χ0) is 20.6. The number of carboxylic acid groups (broad SMARTS) is 1. The summed E-state index contributed by atoms with van der Waals surface area (Å²) in [6.07, 6.45) is -1.32. The van der Waals surface area contributed by atoms with Crippen molar-refractivity contribution in [1.29, 1.82) is 0 Å². The summed E-state index contributed by atoms with van der Waals surface area (Å²) in [6, 6.07) is 8.58.